The van der Waals surface area contributed by atoms with Crippen molar-refractivity contribution in [1.82, 2.24) is 4.98 Å². The zero-order chi connectivity index (χ0) is 13.4. The Kier molecular flexibility index (Phi) is 3.32. The molecule has 1 aromatic heterocycles. The van der Waals surface area contributed by atoms with Crippen LogP contribution in [-0.2, 0) is 6.42 Å². The minimum atomic E-state index is 0.785. The van der Waals surface area contributed by atoms with Crippen molar-refractivity contribution in [2.45, 2.75) is 64.2 Å². The molecule has 4 saturated carbocycles. The van der Waals surface area contributed by atoms with Crippen molar-refractivity contribution in [2.75, 3.05) is 0 Å². The van der Waals surface area contributed by atoms with E-state index in [0.29, 0.717) is 0 Å². The number of pyridine rings is 1. The van der Waals surface area contributed by atoms with E-state index in [1.54, 1.807) is 38.5 Å². The first-order valence-corrected chi connectivity index (χ1v) is 8.70. The molecule has 1 aromatic rings. The van der Waals surface area contributed by atoms with Crippen LogP contribution < -0.4 is 0 Å². The molecule has 0 amide bonds. The van der Waals surface area contributed by atoms with E-state index in [0.717, 1.165) is 23.2 Å². The fourth-order valence-electron chi connectivity index (χ4n) is 5.97. The molecule has 1 heteroatoms. The van der Waals surface area contributed by atoms with Gasteiger partial charge >= 0.3 is 0 Å². The number of hydrogen-bond acceptors (Lipinski definition) is 1. The second kappa shape index (κ2) is 5.16. The fraction of sp³-hybridized carbons (Fsp3) is 0.737. The van der Waals surface area contributed by atoms with Gasteiger partial charge in [0.2, 0.25) is 0 Å². The molecule has 0 radical (unpaired) electrons. The van der Waals surface area contributed by atoms with Crippen molar-refractivity contribution < 1.29 is 0 Å². The number of unbranched alkanes of at least 4 members (excludes halogenated alkanes) is 1. The summed E-state index contributed by atoms with van der Waals surface area (Å²) in [6.07, 6.45) is 18.9. The van der Waals surface area contributed by atoms with Gasteiger partial charge in [-0.05, 0) is 98.7 Å². The van der Waals surface area contributed by atoms with Crippen LogP contribution in [0.2, 0.25) is 0 Å². The molecule has 4 fully saturated rings. The van der Waals surface area contributed by atoms with Crippen molar-refractivity contribution in [2.24, 2.45) is 23.2 Å². The van der Waals surface area contributed by atoms with Crippen LogP contribution in [0.1, 0.15) is 63.4 Å². The van der Waals surface area contributed by atoms with Crippen LogP contribution in [0.15, 0.2) is 24.5 Å². The predicted molar refractivity (Wildman–Crippen MR) is 82.4 cm³/mol. The highest BCUT2D eigenvalue weighted by Crippen LogP contribution is 2.61. The van der Waals surface area contributed by atoms with Crippen LogP contribution in [0.3, 0.4) is 0 Å². The topological polar surface area (TPSA) is 12.9 Å². The Morgan fingerprint density at radius 3 is 2.10 bits per heavy atom. The van der Waals surface area contributed by atoms with E-state index in [4.69, 9.17) is 0 Å². The highest BCUT2D eigenvalue weighted by Gasteiger charge is 2.50. The molecule has 0 saturated heterocycles. The maximum Gasteiger partial charge on any atom is 0.0270 e. The molecule has 108 valence electrons. The second-order valence-corrected chi connectivity index (χ2v) is 7.98. The van der Waals surface area contributed by atoms with Crippen LogP contribution in [0.25, 0.3) is 0 Å². The van der Waals surface area contributed by atoms with Crippen molar-refractivity contribution >= 4 is 0 Å². The van der Waals surface area contributed by atoms with E-state index < -0.39 is 0 Å². The second-order valence-electron chi connectivity index (χ2n) is 7.98. The minimum Gasteiger partial charge on any atom is -0.265 e. The summed E-state index contributed by atoms with van der Waals surface area (Å²) in [7, 11) is 0. The molecule has 0 spiro atoms. The average Bonchev–Trinajstić information content (AvgIpc) is 2.43. The van der Waals surface area contributed by atoms with Gasteiger partial charge in [-0.15, -0.1) is 0 Å². The van der Waals surface area contributed by atoms with E-state index in [-0.39, 0.29) is 0 Å². The van der Waals surface area contributed by atoms with Gasteiger partial charge in [0.15, 0.2) is 0 Å². The smallest absolute Gasteiger partial charge is 0.0270 e. The number of rotatable bonds is 5. The lowest BCUT2D eigenvalue weighted by molar-refractivity contribution is -0.0582. The molecule has 1 nitrogen and oxygen atoms in total. The number of aromatic nitrogens is 1. The summed E-state index contributed by atoms with van der Waals surface area (Å²) >= 11 is 0. The Labute approximate surface area is 123 Å². The molecule has 1 heterocycles. The lowest BCUT2D eigenvalue weighted by atomic mass is 9.48. The maximum atomic E-state index is 4.10. The van der Waals surface area contributed by atoms with Crippen molar-refractivity contribution in [3.63, 3.8) is 0 Å². The molecule has 4 aliphatic carbocycles. The van der Waals surface area contributed by atoms with Gasteiger partial charge in [0.05, 0.1) is 0 Å². The van der Waals surface area contributed by atoms with E-state index in [2.05, 4.69) is 17.1 Å². The summed E-state index contributed by atoms with van der Waals surface area (Å²) < 4.78 is 0. The molecular formula is C19H27N. The minimum absolute atomic E-state index is 0.785. The van der Waals surface area contributed by atoms with Gasteiger partial charge in [-0.25, -0.2) is 0 Å². The Morgan fingerprint density at radius 1 is 0.900 bits per heavy atom. The monoisotopic (exact) mass is 269 g/mol. The number of hydrogen-bond donors (Lipinski definition) is 0. The molecule has 4 bridgehead atoms. The zero-order valence-corrected chi connectivity index (χ0v) is 12.6. The average molecular weight is 269 g/mol. The lowest BCUT2D eigenvalue weighted by Crippen LogP contribution is -2.45. The summed E-state index contributed by atoms with van der Waals surface area (Å²) in [5.74, 6) is 3.34. The van der Waals surface area contributed by atoms with Gasteiger partial charge in [-0.2, -0.15) is 0 Å². The van der Waals surface area contributed by atoms with Gasteiger partial charge in [0, 0.05) is 12.4 Å². The van der Waals surface area contributed by atoms with Crippen LogP contribution in [-0.4, -0.2) is 4.98 Å². The molecular weight excluding hydrogens is 242 g/mol. The molecule has 0 aliphatic heterocycles. The SMILES string of the molecule is c1cc(CCCCC23CC4CC(CC(C4)C2)C3)ccn1. The standard InChI is InChI=1S/C19H27N/c1(3-15-4-7-20-8-5-15)2-6-19-12-16-9-17(13-19)11-18(10-16)14-19/h4-5,7-8,16-18H,1-3,6,9-14H2. The normalized spacial score (nSPS) is 38.3. The van der Waals surface area contributed by atoms with Crippen LogP contribution in [0.5, 0.6) is 0 Å². The Balaban J connectivity index is 1.29. The maximum absolute atomic E-state index is 4.10. The third-order valence-electron chi connectivity index (χ3n) is 6.34. The molecule has 0 unspecified atom stereocenters. The van der Waals surface area contributed by atoms with E-state index >= 15 is 0 Å². The van der Waals surface area contributed by atoms with Gasteiger partial charge in [0.1, 0.15) is 0 Å². The van der Waals surface area contributed by atoms with Crippen LogP contribution >= 0.6 is 0 Å². The van der Waals surface area contributed by atoms with E-state index in [9.17, 15) is 0 Å². The third kappa shape index (κ3) is 2.52. The quantitative estimate of drug-likeness (QED) is 0.685. The molecule has 5 rings (SSSR count). The molecule has 0 atom stereocenters. The van der Waals surface area contributed by atoms with E-state index in [1.807, 2.05) is 12.4 Å². The van der Waals surface area contributed by atoms with Gasteiger partial charge in [-0.3, -0.25) is 4.98 Å². The summed E-state index contributed by atoms with van der Waals surface area (Å²) in [5, 5.41) is 0. The Bertz CT molecular complexity index is 415. The van der Waals surface area contributed by atoms with Gasteiger partial charge in [0.25, 0.3) is 0 Å². The van der Waals surface area contributed by atoms with Crippen molar-refractivity contribution in [3.05, 3.63) is 30.1 Å². The molecule has 0 N–H and O–H groups in total. The van der Waals surface area contributed by atoms with Crippen molar-refractivity contribution in [1.29, 1.82) is 0 Å². The number of nitrogens with zero attached hydrogens (tertiary/aromatic N) is 1. The van der Waals surface area contributed by atoms with Gasteiger partial charge < -0.3 is 0 Å². The molecule has 20 heavy (non-hydrogen) atoms. The first-order valence-electron chi connectivity index (χ1n) is 8.70. The van der Waals surface area contributed by atoms with Gasteiger partial charge in [-0.1, -0.05) is 6.42 Å². The molecule has 4 aliphatic rings. The van der Waals surface area contributed by atoms with Crippen LogP contribution in [0.4, 0.5) is 0 Å². The largest absolute Gasteiger partial charge is 0.265 e. The number of aryl methyl sites for hydroxylation is 1. The first kappa shape index (κ1) is 12.9. The zero-order valence-electron chi connectivity index (χ0n) is 12.6. The highest BCUT2D eigenvalue weighted by molar-refractivity contribution is 5.09. The predicted octanol–water partition coefficient (Wildman–Crippen LogP) is 5.01. The molecule has 0 aromatic carbocycles. The summed E-state index contributed by atoms with van der Waals surface area (Å²) in [5.41, 5.74) is 2.25. The Hall–Kier alpha value is -0.850. The summed E-state index contributed by atoms with van der Waals surface area (Å²) in [6, 6.07) is 4.34. The highest BCUT2D eigenvalue weighted by atomic mass is 14.6. The third-order valence-corrected chi connectivity index (χ3v) is 6.34. The fourth-order valence-corrected chi connectivity index (χ4v) is 5.97. The Morgan fingerprint density at radius 2 is 1.50 bits per heavy atom. The summed E-state index contributed by atoms with van der Waals surface area (Å²) in [6.45, 7) is 0. The first-order chi connectivity index (χ1) is 9.81. The van der Waals surface area contributed by atoms with E-state index in [1.165, 1.54) is 31.2 Å². The van der Waals surface area contributed by atoms with Crippen molar-refractivity contribution in [3.8, 4) is 0 Å². The summed E-state index contributed by atoms with van der Waals surface area (Å²) in [4.78, 5) is 4.10. The lowest BCUT2D eigenvalue weighted by Gasteiger charge is -2.57. The van der Waals surface area contributed by atoms with Crippen LogP contribution in [0, 0.1) is 23.2 Å².